The Morgan fingerprint density at radius 1 is 1.16 bits per heavy atom. The number of nitrogens with zero attached hydrogens (tertiary/aromatic N) is 2. The molecule has 0 radical (unpaired) electrons. The van der Waals surface area contributed by atoms with Crippen LogP contribution in [-0.4, -0.2) is 72.3 Å². The molecule has 0 aromatic carbocycles. The van der Waals surface area contributed by atoms with Crippen molar-refractivity contribution >= 4 is 18.1 Å². The van der Waals surface area contributed by atoms with Crippen LogP contribution in [0.5, 0.6) is 0 Å². The van der Waals surface area contributed by atoms with Gasteiger partial charge in [0.15, 0.2) is 0 Å². The van der Waals surface area contributed by atoms with E-state index in [0.717, 1.165) is 0 Å². The Morgan fingerprint density at radius 3 is 2.20 bits per heavy atom. The van der Waals surface area contributed by atoms with E-state index >= 15 is 0 Å². The van der Waals surface area contributed by atoms with E-state index in [-0.39, 0.29) is 24.0 Å². The topological polar surface area (TPSA) is 88.2 Å². The third-order valence-electron chi connectivity index (χ3n) is 3.95. The van der Waals surface area contributed by atoms with Gasteiger partial charge in [-0.1, -0.05) is 13.8 Å². The summed E-state index contributed by atoms with van der Waals surface area (Å²) in [4.78, 5) is 39.8. The molecule has 2 atom stereocenters. The molecule has 0 aliphatic carbocycles. The normalized spacial score (nSPS) is 19.4. The van der Waals surface area contributed by atoms with Crippen LogP contribution < -0.4 is 5.32 Å². The monoisotopic (exact) mass is 357 g/mol. The number of ether oxygens (including phenoxy) is 2. The third-order valence-corrected chi connectivity index (χ3v) is 3.95. The molecular weight excluding hydrogens is 326 g/mol. The zero-order valence-corrected chi connectivity index (χ0v) is 16.3. The van der Waals surface area contributed by atoms with Gasteiger partial charge in [-0.15, -0.1) is 0 Å². The van der Waals surface area contributed by atoms with Crippen molar-refractivity contribution in [1.29, 1.82) is 0 Å². The van der Waals surface area contributed by atoms with Gasteiger partial charge in [-0.3, -0.25) is 4.79 Å². The summed E-state index contributed by atoms with van der Waals surface area (Å²) in [5.74, 6) is -0.251. The first kappa shape index (κ1) is 21.1. The first-order valence-corrected chi connectivity index (χ1v) is 8.59. The zero-order valence-electron chi connectivity index (χ0n) is 16.3. The lowest BCUT2D eigenvalue weighted by Crippen LogP contribution is -2.60. The SMILES string of the molecule is COC(=O)N[C@H](C(=O)N1CCN(C(=O)OC(C)(C)C)C[C@@H]1C)C(C)C. The van der Waals surface area contributed by atoms with E-state index in [1.807, 2.05) is 41.5 Å². The van der Waals surface area contributed by atoms with Crippen LogP contribution in [0.4, 0.5) is 9.59 Å². The van der Waals surface area contributed by atoms with E-state index in [9.17, 15) is 14.4 Å². The lowest BCUT2D eigenvalue weighted by molar-refractivity contribution is -0.138. The van der Waals surface area contributed by atoms with Crippen LogP contribution >= 0.6 is 0 Å². The van der Waals surface area contributed by atoms with Crippen molar-refractivity contribution in [3.8, 4) is 0 Å². The predicted molar refractivity (Wildman–Crippen MR) is 93.1 cm³/mol. The third kappa shape index (κ3) is 6.10. The van der Waals surface area contributed by atoms with Gasteiger partial charge in [0, 0.05) is 25.7 Å². The number of nitrogens with one attached hydrogen (secondary N) is 1. The molecule has 8 nitrogen and oxygen atoms in total. The van der Waals surface area contributed by atoms with E-state index in [1.165, 1.54) is 7.11 Å². The number of hydrogen-bond acceptors (Lipinski definition) is 5. The highest BCUT2D eigenvalue weighted by molar-refractivity contribution is 5.86. The molecule has 1 rings (SSSR count). The Bertz CT molecular complexity index is 501. The lowest BCUT2D eigenvalue weighted by Gasteiger charge is -2.41. The summed E-state index contributed by atoms with van der Waals surface area (Å²) in [6.45, 7) is 12.2. The maximum atomic E-state index is 12.8. The van der Waals surface area contributed by atoms with E-state index in [2.05, 4.69) is 10.1 Å². The predicted octanol–water partition coefficient (Wildman–Crippen LogP) is 1.83. The molecule has 0 saturated carbocycles. The van der Waals surface area contributed by atoms with Gasteiger partial charge in [0.05, 0.1) is 7.11 Å². The van der Waals surface area contributed by atoms with E-state index in [0.29, 0.717) is 19.6 Å². The molecular formula is C17H31N3O5. The second kappa shape index (κ2) is 8.40. The summed E-state index contributed by atoms with van der Waals surface area (Å²) >= 11 is 0. The number of carbonyl (C=O) groups is 3. The van der Waals surface area contributed by atoms with Crippen LogP contribution in [0.25, 0.3) is 0 Å². The summed E-state index contributed by atoms with van der Waals surface area (Å²) in [6.07, 6.45) is -1.01. The van der Waals surface area contributed by atoms with Crippen molar-refractivity contribution in [2.75, 3.05) is 26.7 Å². The number of piperazine rings is 1. The Kier molecular flexibility index (Phi) is 7.07. The van der Waals surface area contributed by atoms with Crippen LogP contribution in [0.2, 0.25) is 0 Å². The van der Waals surface area contributed by atoms with Crippen molar-refractivity contribution in [3.05, 3.63) is 0 Å². The van der Waals surface area contributed by atoms with E-state index in [1.54, 1.807) is 9.80 Å². The lowest BCUT2D eigenvalue weighted by atomic mass is 10.0. The van der Waals surface area contributed by atoms with Crippen molar-refractivity contribution < 1.29 is 23.9 Å². The molecule has 1 aliphatic heterocycles. The average molecular weight is 357 g/mol. The highest BCUT2D eigenvalue weighted by Crippen LogP contribution is 2.17. The van der Waals surface area contributed by atoms with Crippen molar-refractivity contribution in [1.82, 2.24) is 15.1 Å². The molecule has 25 heavy (non-hydrogen) atoms. The summed E-state index contributed by atoms with van der Waals surface area (Å²) in [6, 6.07) is -0.836. The highest BCUT2D eigenvalue weighted by Gasteiger charge is 2.36. The van der Waals surface area contributed by atoms with Crippen LogP contribution in [0.15, 0.2) is 0 Å². The van der Waals surface area contributed by atoms with Gasteiger partial charge in [-0.2, -0.15) is 0 Å². The average Bonchev–Trinajstić information content (AvgIpc) is 2.49. The molecule has 0 aromatic heterocycles. The first-order valence-electron chi connectivity index (χ1n) is 8.59. The molecule has 0 unspecified atom stereocenters. The Morgan fingerprint density at radius 2 is 1.76 bits per heavy atom. The minimum atomic E-state index is -0.664. The highest BCUT2D eigenvalue weighted by atomic mass is 16.6. The largest absolute Gasteiger partial charge is 0.453 e. The smallest absolute Gasteiger partial charge is 0.410 e. The molecule has 0 bridgehead atoms. The maximum absolute atomic E-state index is 12.8. The minimum Gasteiger partial charge on any atom is -0.453 e. The number of rotatable bonds is 3. The minimum absolute atomic E-state index is 0.0808. The molecule has 1 saturated heterocycles. The van der Waals surface area contributed by atoms with Crippen molar-refractivity contribution in [2.45, 2.75) is 59.2 Å². The fraction of sp³-hybridized carbons (Fsp3) is 0.824. The quantitative estimate of drug-likeness (QED) is 0.832. The molecule has 0 aromatic rings. The summed E-state index contributed by atoms with van der Waals surface area (Å²) in [5, 5.41) is 2.59. The summed E-state index contributed by atoms with van der Waals surface area (Å²) < 4.78 is 9.98. The summed E-state index contributed by atoms with van der Waals surface area (Å²) in [5.41, 5.74) is -0.555. The molecule has 1 N–H and O–H groups in total. The molecule has 144 valence electrons. The Balaban J connectivity index is 2.74. The van der Waals surface area contributed by atoms with Crippen LogP contribution in [0.3, 0.4) is 0 Å². The van der Waals surface area contributed by atoms with Gasteiger partial charge < -0.3 is 24.6 Å². The molecule has 1 fully saturated rings. The van der Waals surface area contributed by atoms with Gasteiger partial charge in [-0.05, 0) is 33.6 Å². The van der Waals surface area contributed by atoms with Crippen molar-refractivity contribution in [3.63, 3.8) is 0 Å². The number of alkyl carbamates (subject to hydrolysis) is 1. The second-order valence-electron chi connectivity index (χ2n) is 7.66. The fourth-order valence-corrected chi connectivity index (χ4v) is 2.66. The summed E-state index contributed by atoms with van der Waals surface area (Å²) in [7, 11) is 1.26. The van der Waals surface area contributed by atoms with Gasteiger partial charge in [-0.25, -0.2) is 9.59 Å². The number of amides is 3. The molecule has 1 aliphatic rings. The second-order valence-corrected chi connectivity index (χ2v) is 7.66. The number of carbonyl (C=O) groups excluding carboxylic acids is 3. The Hall–Kier alpha value is -1.99. The van der Waals surface area contributed by atoms with E-state index in [4.69, 9.17) is 4.74 Å². The molecule has 8 heteroatoms. The molecule has 3 amide bonds. The maximum Gasteiger partial charge on any atom is 0.410 e. The van der Waals surface area contributed by atoms with Gasteiger partial charge in [0.25, 0.3) is 0 Å². The van der Waals surface area contributed by atoms with Gasteiger partial charge in [0.1, 0.15) is 11.6 Å². The zero-order chi connectivity index (χ0) is 19.4. The van der Waals surface area contributed by atoms with E-state index < -0.39 is 17.7 Å². The molecule has 1 heterocycles. The molecule has 0 spiro atoms. The standard InChI is InChI=1S/C17H31N3O5/c1-11(2)13(18-15(22)24-7)14(21)20-9-8-19(10-12(20)3)16(23)25-17(4,5)6/h11-13H,8-10H2,1-7H3,(H,18,22)/t12-,13-/m0/s1. The van der Waals surface area contributed by atoms with Crippen LogP contribution in [-0.2, 0) is 14.3 Å². The number of hydrogen-bond donors (Lipinski definition) is 1. The fourth-order valence-electron chi connectivity index (χ4n) is 2.66. The Labute approximate surface area is 149 Å². The van der Waals surface area contributed by atoms with Gasteiger partial charge >= 0.3 is 12.2 Å². The number of methoxy groups -OCH3 is 1. The van der Waals surface area contributed by atoms with Crippen LogP contribution in [0, 0.1) is 5.92 Å². The van der Waals surface area contributed by atoms with Gasteiger partial charge in [0.2, 0.25) is 5.91 Å². The van der Waals surface area contributed by atoms with Crippen molar-refractivity contribution in [2.24, 2.45) is 5.92 Å². The first-order chi connectivity index (χ1) is 11.5. The van der Waals surface area contributed by atoms with Crippen LogP contribution in [0.1, 0.15) is 41.5 Å².